The molecule has 2 aromatic heterocycles. The lowest BCUT2D eigenvalue weighted by atomic mass is 10.3. The van der Waals surface area contributed by atoms with Crippen molar-refractivity contribution in [1.29, 1.82) is 0 Å². The van der Waals surface area contributed by atoms with Gasteiger partial charge in [-0.15, -0.1) is 0 Å². The summed E-state index contributed by atoms with van der Waals surface area (Å²) < 4.78 is 44.0. The Kier molecular flexibility index (Phi) is 3.17. The molecule has 0 spiro atoms. The second kappa shape index (κ2) is 4.88. The van der Waals surface area contributed by atoms with Crippen LogP contribution in [0, 0.1) is 0 Å². The molecule has 8 heteroatoms. The second-order valence-electron chi connectivity index (χ2n) is 4.16. The minimum atomic E-state index is -4.50. The van der Waals surface area contributed by atoms with Crippen molar-refractivity contribution in [3.05, 3.63) is 42.2 Å². The van der Waals surface area contributed by atoms with Crippen LogP contribution in [0.4, 0.5) is 18.3 Å². The fourth-order valence-corrected chi connectivity index (χ4v) is 2.51. The molecule has 4 nitrogen and oxygen atoms in total. The number of hydrogen-bond acceptors (Lipinski definition) is 5. The monoisotopic (exact) mass is 311 g/mol. The highest BCUT2D eigenvalue weighted by Gasteiger charge is 2.32. The Morgan fingerprint density at radius 1 is 1.10 bits per heavy atom. The van der Waals surface area contributed by atoms with Crippen molar-refractivity contribution in [2.24, 2.45) is 0 Å². The molecule has 0 fully saturated rings. The fourth-order valence-electron chi connectivity index (χ4n) is 1.75. The topological polar surface area (TPSA) is 61.0 Å². The molecule has 0 bridgehead atoms. The van der Waals surface area contributed by atoms with Crippen molar-refractivity contribution in [2.45, 2.75) is 6.18 Å². The Hall–Kier alpha value is -2.35. The maximum absolute atomic E-state index is 12.6. The molecule has 0 aliphatic carbocycles. The van der Waals surface area contributed by atoms with Crippen molar-refractivity contribution in [3.63, 3.8) is 0 Å². The predicted molar refractivity (Wildman–Crippen MR) is 73.3 cm³/mol. The lowest BCUT2D eigenvalue weighted by Crippen LogP contribution is -2.07. The summed E-state index contributed by atoms with van der Waals surface area (Å²) in [5.41, 5.74) is 5.32. The molecule has 21 heavy (non-hydrogen) atoms. The van der Waals surface area contributed by atoms with Gasteiger partial charge in [0.25, 0.3) is 0 Å². The molecule has 0 amide bonds. The van der Waals surface area contributed by atoms with Crippen molar-refractivity contribution < 1.29 is 17.9 Å². The van der Waals surface area contributed by atoms with Crippen LogP contribution in [0.15, 0.2) is 36.5 Å². The number of halogens is 3. The number of pyridine rings is 1. The molecule has 2 N–H and O–H groups in total. The molecule has 0 saturated heterocycles. The highest BCUT2D eigenvalue weighted by molar-refractivity contribution is 7.22. The first-order chi connectivity index (χ1) is 9.91. The summed E-state index contributed by atoms with van der Waals surface area (Å²) in [5, 5.41) is 0.422. The third-order valence-corrected chi connectivity index (χ3v) is 3.48. The molecule has 0 unspecified atom stereocenters. The highest BCUT2D eigenvalue weighted by atomic mass is 32.1. The number of ether oxygens (including phenoxy) is 1. The summed E-state index contributed by atoms with van der Waals surface area (Å²) in [7, 11) is 0. The highest BCUT2D eigenvalue weighted by Crippen LogP contribution is 2.33. The van der Waals surface area contributed by atoms with Crippen LogP contribution in [0.1, 0.15) is 5.69 Å². The number of nitrogen functional groups attached to an aromatic ring is 1. The van der Waals surface area contributed by atoms with Gasteiger partial charge in [-0.05, 0) is 18.2 Å². The van der Waals surface area contributed by atoms with E-state index in [1.54, 1.807) is 18.2 Å². The first-order valence-electron chi connectivity index (χ1n) is 5.79. The van der Waals surface area contributed by atoms with E-state index in [0.29, 0.717) is 10.9 Å². The molecule has 0 aliphatic rings. The van der Waals surface area contributed by atoms with E-state index in [2.05, 4.69) is 9.97 Å². The molecule has 108 valence electrons. The number of thiazole rings is 1. The van der Waals surface area contributed by atoms with E-state index < -0.39 is 11.9 Å². The smallest absolute Gasteiger partial charge is 0.433 e. The molecule has 0 saturated carbocycles. The maximum Gasteiger partial charge on any atom is 0.433 e. The third kappa shape index (κ3) is 2.89. The van der Waals surface area contributed by atoms with Gasteiger partial charge in [-0.25, -0.2) is 4.98 Å². The van der Waals surface area contributed by atoms with Gasteiger partial charge in [0.05, 0.1) is 10.2 Å². The first kappa shape index (κ1) is 13.6. The molecule has 3 aromatic rings. The average molecular weight is 311 g/mol. The first-order valence-corrected chi connectivity index (χ1v) is 6.61. The van der Waals surface area contributed by atoms with Crippen LogP contribution in [0.5, 0.6) is 11.5 Å². The lowest BCUT2D eigenvalue weighted by molar-refractivity contribution is -0.141. The van der Waals surface area contributed by atoms with Gasteiger partial charge in [0.1, 0.15) is 17.2 Å². The maximum atomic E-state index is 12.6. The number of anilines is 1. The van der Waals surface area contributed by atoms with Gasteiger partial charge < -0.3 is 10.5 Å². The van der Waals surface area contributed by atoms with Crippen LogP contribution >= 0.6 is 11.3 Å². The molecular formula is C13H8F3N3OS. The number of alkyl halides is 3. The number of rotatable bonds is 2. The number of aromatic nitrogens is 2. The van der Waals surface area contributed by atoms with E-state index in [4.69, 9.17) is 10.5 Å². The zero-order chi connectivity index (χ0) is 15.0. The fraction of sp³-hybridized carbons (Fsp3) is 0.0769. The quantitative estimate of drug-likeness (QED) is 0.774. The Bertz CT molecular complexity index is 801. The predicted octanol–water partition coefficient (Wildman–Crippen LogP) is 4.08. The summed E-state index contributed by atoms with van der Waals surface area (Å²) in [5.74, 6) is 0.472. The second-order valence-corrected chi connectivity index (χ2v) is 5.22. The number of nitrogens with two attached hydrogens (primary N) is 1. The summed E-state index contributed by atoms with van der Waals surface area (Å²) in [6.07, 6.45) is -3.45. The van der Waals surface area contributed by atoms with Crippen LogP contribution in [-0.4, -0.2) is 9.97 Å². The zero-order valence-electron chi connectivity index (χ0n) is 10.4. The van der Waals surface area contributed by atoms with Gasteiger partial charge in [0, 0.05) is 18.3 Å². The summed E-state index contributed by atoms with van der Waals surface area (Å²) in [6, 6.07) is 7.21. The van der Waals surface area contributed by atoms with E-state index in [1.807, 2.05) is 0 Å². The average Bonchev–Trinajstić information content (AvgIpc) is 2.77. The molecule has 0 radical (unpaired) electrons. The number of fused-ring (bicyclic) bond motifs is 1. The van der Waals surface area contributed by atoms with Crippen molar-refractivity contribution in [1.82, 2.24) is 9.97 Å². The zero-order valence-corrected chi connectivity index (χ0v) is 11.2. The van der Waals surface area contributed by atoms with Crippen molar-refractivity contribution in [2.75, 3.05) is 5.73 Å². The van der Waals surface area contributed by atoms with E-state index in [1.165, 1.54) is 17.4 Å². The van der Waals surface area contributed by atoms with Gasteiger partial charge in [-0.2, -0.15) is 13.2 Å². The Labute approximate surface area is 121 Å². The van der Waals surface area contributed by atoms with E-state index in [0.717, 1.165) is 22.5 Å². The molecule has 1 aromatic carbocycles. The van der Waals surface area contributed by atoms with Gasteiger partial charge in [-0.3, -0.25) is 4.98 Å². The van der Waals surface area contributed by atoms with Gasteiger partial charge in [0.15, 0.2) is 5.13 Å². The Morgan fingerprint density at radius 3 is 2.62 bits per heavy atom. The van der Waals surface area contributed by atoms with Gasteiger partial charge in [-0.1, -0.05) is 11.3 Å². The molecule has 0 aliphatic heterocycles. The number of nitrogens with zero attached hydrogens (tertiary/aromatic N) is 2. The third-order valence-electron chi connectivity index (χ3n) is 2.63. The largest absolute Gasteiger partial charge is 0.457 e. The molecule has 2 heterocycles. The summed E-state index contributed by atoms with van der Waals surface area (Å²) >= 11 is 1.28. The minimum Gasteiger partial charge on any atom is -0.457 e. The summed E-state index contributed by atoms with van der Waals surface area (Å²) in [4.78, 5) is 7.37. The van der Waals surface area contributed by atoms with Gasteiger partial charge in [0.2, 0.25) is 0 Å². The summed E-state index contributed by atoms with van der Waals surface area (Å²) in [6.45, 7) is 0. The van der Waals surface area contributed by atoms with Gasteiger partial charge >= 0.3 is 6.18 Å². The molecule has 0 atom stereocenters. The standard InChI is InChI=1S/C13H8F3N3OS/c14-13(15,16)11-6-8(3-4-18-11)20-7-1-2-9-10(5-7)21-12(17)19-9/h1-6H,(H2,17,19). The Balaban J connectivity index is 1.91. The van der Waals surface area contributed by atoms with Crippen LogP contribution in [0.25, 0.3) is 10.2 Å². The van der Waals surface area contributed by atoms with Crippen LogP contribution in [-0.2, 0) is 6.18 Å². The molecular weight excluding hydrogens is 303 g/mol. The molecule has 3 rings (SSSR count). The van der Waals surface area contributed by atoms with E-state index in [-0.39, 0.29) is 5.75 Å². The number of benzene rings is 1. The number of hydrogen-bond donors (Lipinski definition) is 1. The lowest BCUT2D eigenvalue weighted by Gasteiger charge is -2.09. The van der Waals surface area contributed by atoms with E-state index in [9.17, 15) is 13.2 Å². The van der Waals surface area contributed by atoms with Crippen molar-refractivity contribution in [3.8, 4) is 11.5 Å². The normalized spacial score (nSPS) is 11.8. The minimum absolute atomic E-state index is 0.0640. The van der Waals surface area contributed by atoms with Crippen LogP contribution in [0.2, 0.25) is 0 Å². The van der Waals surface area contributed by atoms with Crippen LogP contribution in [0.3, 0.4) is 0 Å². The van der Waals surface area contributed by atoms with Crippen molar-refractivity contribution >= 4 is 26.7 Å². The SMILES string of the molecule is Nc1nc2ccc(Oc3ccnc(C(F)(F)F)c3)cc2s1. The van der Waals surface area contributed by atoms with E-state index >= 15 is 0 Å². The Morgan fingerprint density at radius 2 is 1.86 bits per heavy atom. The van der Waals surface area contributed by atoms with Crippen LogP contribution < -0.4 is 10.5 Å².